The van der Waals surface area contributed by atoms with E-state index in [-0.39, 0.29) is 0 Å². The predicted molar refractivity (Wildman–Crippen MR) is 219 cm³/mol. The molecule has 0 saturated carbocycles. The number of benzene rings is 7. The van der Waals surface area contributed by atoms with E-state index in [4.69, 9.17) is 0 Å². The lowest BCUT2D eigenvalue weighted by atomic mass is 9.98. The van der Waals surface area contributed by atoms with Crippen LogP contribution in [-0.4, -0.2) is 0 Å². The molecule has 2 aromatic heterocycles. The number of thiophene rings is 2. The van der Waals surface area contributed by atoms with Crippen molar-refractivity contribution in [3.8, 4) is 0 Å². The van der Waals surface area contributed by atoms with Gasteiger partial charge in [-0.15, -0.1) is 22.7 Å². The van der Waals surface area contributed by atoms with E-state index < -0.39 is 0 Å². The minimum absolute atomic E-state index is 1.02. The Morgan fingerprint density at radius 3 is 1.36 bits per heavy atom. The Morgan fingerprint density at radius 2 is 0.880 bits per heavy atom. The highest BCUT2D eigenvalue weighted by molar-refractivity contribution is 7.33. The zero-order valence-corrected chi connectivity index (χ0v) is 28.9. The first-order chi connectivity index (χ1) is 24.8. The van der Waals surface area contributed by atoms with Crippen LogP contribution in [-0.2, 0) is 0 Å². The first kappa shape index (κ1) is 29.3. The topological polar surface area (TPSA) is 6.48 Å². The highest BCUT2D eigenvalue weighted by Gasteiger charge is 2.22. The van der Waals surface area contributed by atoms with E-state index in [0.717, 1.165) is 29.9 Å². The maximum absolute atomic E-state index is 2.44. The summed E-state index contributed by atoms with van der Waals surface area (Å²) in [5.41, 5.74) is 7.19. The normalized spacial score (nSPS) is 13.1. The molecule has 1 aliphatic rings. The van der Waals surface area contributed by atoms with Crippen LogP contribution in [0.2, 0.25) is 0 Å². The van der Waals surface area contributed by atoms with Crippen molar-refractivity contribution >= 4 is 102 Å². The van der Waals surface area contributed by atoms with E-state index in [1.54, 1.807) is 0 Å². The number of anilines is 5. The second-order valence-electron chi connectivity index (χ2n) is 12.8. The molecule has 9 aromatic rings. The molecule has 0 aliphatic heterocycles. The summed E-state index contributed by atoms with van der Waals surface area (Å²) >= 11 is 3.87. The van der Waals surface area contributed by atoms with E-state index >= 15 is 0 Å². The Balaban J connectivity index is 1.20. The van der Waals surface area contributed by atoms with Crippen LogP contribution < -0.4 is 9.80 Å². The van der Waals surface area contributed by atoms with Crippen molar-refractivity contribution in [2.75, 3.05) is 9.80 Å². The van der Waals surface area contributed by atoms with Gasteiger partial charge in [0.1, 0.15) is 0 Å². The third-order valence-corrected chi connectivity index (χ3v) is 12.3. The second kappa shape index (κ2) is 12.0. The third-order valence-electron chi connectivity index (χ3n) is 9.86. The Bertz CT molecular complexity index is 2720. The van der Waals surface area contributed by atoms with Crippen LogP contribution >= 0.6 is 22.7 Å². The largest absolute Gasteiger partial charge is 0.314 e. The zero-order chi connectivity index (χ0) is 33.0. The number of para-hydroxylation sites is 3. The van der Waals surface area contributed by atoms with E-state index in [0.29, 0.717) is 0 Å². The van der Waals surface area contributed by atoms with Crippen molar-refractivity contribution in [1.82, 2.24) is 0 Å². The minimum Gasteiger partial charge on any atom is -0.314 e. The molecule has 0 N–H and O–H groups in total. The average Bonchev–Trinajstić information content (AvgIpc) is 3.76. The van der Waals surface area contributed by atoms with Crippen LogP contribution in [0.4, 0.5) is 28.4 Å². The van der Waals surface area contributed by atoms with Gasteiger partial charge in [-0.3, -0.25) is 0 Å². The van der Waals surface area contributed by atoms with Gasteiger partial charge >= 0.3 is 0 Å². The minimum atomic E-state index is 1.02. The van der Waals surface area contributed by atoms with Gasteiger partial charge in [-0.1, -0.05) is 103 Å². The molecule has 0 fully saturated rings. The number of hydrogen-bond acceptors (Lipinski definition) is 4. The average molecular weight is 677 g/mol. The van der Waals surface area contributed by atoms with Crippen LogP contribution in [0.1, 0.15) is 12.8 Å². The number of nitrogens with zero attached hydrogens (tertiary/aromatic N) is 2. The lowest BCUT2D eigenvalue weighted by molar-refractivity contribution is 0.918. The summed E-state index contributed by atoms with van der Waals surface area (Å²) in [7, 11) is 0. The summed E-state index contributed by atoms with van der Waals surface area (Å²) in [6.07, 6.45) is 8.81. The molecule has 0 amide bonds. The summed E-state index contributed by atoms with van der Waals surface area (Å²) in [6.45, 7) is 0. The Labute approximate surface area is 299 Å². The monoisotopic (exact) mass is 676 g/mol. The van der Waals surface area contributed by atoms with Crippen molar-refractivity contribution in [3.63, 3.8) is 0 Å². The van der Waals surface area contributed by atoms with Crippen LogP contribution in [0, 0.1) is 0 Å². The highest BCUT2D eigenvalue weighted by atomic mass is 32.1. The van der Waals surface area contributed by atoms with Crippen molar-refractivity contribution in [3.05, 3.63) is 176 Å². The number of hydrogen-bond donors (Lipinski definition) is 0. The molecular formula is C46H32N2S2. The fraction of sp³-hybridized carbons (Fsp3) is 0.0435. The molecule has 7 aromatic carbocycles. The van der Waals surface area contributed by atoms with E-state index in [1.807, 2.05) is 22.7 Å². The fourth-order valence-corrected chi connectivity index (χ4v) is 10.3. The van der Waals surface area contributed by atoms with Gasteiger partial charge in [0.2, 0.25) is 0 Å². The second-order valence-corrected chi connectivity index (χ2v) is 14.9. The molecule has 238 valence electrons. The summed E-state index contributed by atoms with van der Waals surface area (Å²) < 4.78 is 5.38. The van der Waals surface area contributed by atoms with Crippen LogP contribution in [0.3, 0.4) is 0 Å². The number of rotatable bonds is 6. The van der Waals surface area contributed by atoms with E-state index in [9.17, 15) is 0 Å². The quantitative estimate of drug-likeness (QED) is 0.173. The maximum atomic E-state index is 2.44. The standard InChI is InChI=1S/C46H32N2S2/c1-5-15-31(16-6-1)47(32-17-7-2-8-18-32)35-25-27-39-41(29-35)49-45-43(39)37-23-13-14-24-38(37)44-40-28-26-36(30-42(40)50-46(44)45)48(33-19-9-3-10-20-33)34-21-11-4-12-22-34/h1-11,13-21,23-30H,12,22H2. The van der Waals surface area contributed by atoms with Gasteiger partial charge in [-0.25, -0.2) is 0 Å². The fourth-order valence-electron chi connectivity index (χ4n) is 7.66. The summed E-state index contributed by atoms with van der Waals surface area (Å²) in [5.74, 6) is 0. The van der Waals surface area contributed by atoms with Crippen LogP contribution in [0.5, 0.6) is 0 Å². The summed E-state index contributed by atoms with van der Waals surface area (Å²) in [5, 5.41) is 8.03. The van der Waals surface area contributed by atoms with Gasteiger partial charge in [0.05, 0.1) is 9.40 Å². The number of fused-ring (bicyclic) bond motifs is 10. The van der Waals surface area contributed by atoms with Crippen molar-refractivity contribution < 1.29 is 0 Å². The van der Waals surface area contributed by atoms with Gasteiger partial charge < -0.3 is 9.80 Å². The zero-order valence-electron chi connectivity index (χ0n) is 27.3. The molecule has 1 aliphatic carbocycles. The molecule has 0 radical (unpaired) electrons. The predicted octanol–water partition coefficient (Wildman–Crippen LogP) is 14.4. The maximum Gasteiger partial charge on any atom is 0.0540 e. The highest BCUT2D eigenvalue weighted by Crippen LogP contribution is 2.51. The Morgan fingerprint density at radius 1 is 0.420 bits per heavy atom. The van der Waals surface area contributed by atoms with Crippen molar-refractivity contribution in [1.29, 1.82) is 0 Å². The summed E-state index contributed by atoms with van der Waals surface area (Å²) in [4.78, 5) is 4.79. The molecule has 0 saturated heterocycles. The Hall–Kier alpha value is -5.68. The smallest absolute Gasteiger partial charge is 0.0540 e. The van der Waals surface area contributed by atoms with Gasteiger partial charge in [-0.05, 0) is 90.4 Å². The first-order valence-corrected chi connectivity index (χ1v) is 18.8. The lowest BCUT2D eigenvalue weighted by Gasteiger charge is -2.29. The third kappa shape index (κ3) is 4.75. The molecule has 4 heteroatoms. The molecule has 50 heavy (non-hydrogen) atoms. The van der Waals surface area contributed by atoms with Gasteiger partial charge in [-0.2, -0.15) is 0 Å². The van der Waals surface area contributed by atoms with Gasteiger partial charge in [0.25, 0.3) is 0 Å². The molecule has 0 atom stereocenters. The molecule has 0 bridgehead atoms. The molecule has 2 nitrogen and oxygen atoms in total. The van der Waals surface area contributed by atoms with E-state index in [1.165, 1.54) is 68.2 Å². The van der Waals surface area contributed by atoms with Crippen LogP contribution in [0.25, 0.3) is 51.1 Å². The molecule has 10 rings (SSSR count). The van der Waals surface area contributed by atoms with Gasteiger partial charge in [0, 0.05) is 65.1 Å². The number of allylic oxidation sites excluding steroid dienone is 4. The van der Waals surface area contributed by atoms with Crippen molar-refractivity contribution in [2.24, 2.45) is 0 Å². The SMILES string of the molecule is C1=CCCC(N(c2ccccc2)c2ccc3c(c2)sc2c4sc5cc(N(c6ccccc6)c6ccccc6)ccc5c4c4ccccc4c32)=C1. The Kier molecular flexibility index (Phi) is 7.04. The molecule has 2 heterocycles. The molecule has 0 unspecified atom stereocenters. The van der Waals surface area contributed by atoms with Crippen molar-refractivity contribution in [2.45, 2.75) is 12.8 Å². The molecule has 0 spiro atoms. The van der Waals surface area contributed by atoms with Crippen LogP contribution in [0.15, 0.2) is 176 Å². The lowest BCUT2D eigenvalue weighted by Crippen LogP contribution is -2.17. The van der Waals surface area contributed by atoms with Gasteiger partial charge in [0.15, 0.2) is 0 Å². The molecular weight excluding hydrogens is 645 g/mol. The van der Waals surface area contributed by atoms with E-state index in [2.05, 4.69) is 180 Å². The summed E-state index contributed by atoms with van der Waals surface area (Å²) in [6, 6.07) is 55.3. The first-order valence-electron chi connectivity index (χ1n) is 17.2.